The Morgan fingerprint density at radius 3 is 2.09 bits per heavy atom. The number of rotatable bonds is 16. The first-order valence-electron chi connectivity index (χ1n) is 12.2. The van der Waals surface area contributed by atoms with Gasteiger partial charge in [-0.05, 0) is 57.1 Å². The Kier molecular flexibility index (Phi) is 18.2. The predicted octanol–water partition coefficient (Wildman–Crippen LogP) is 5.01. The number of carbonyl (C=O) groups is 1. The van der Waals surface area contributed by atoms with Gasteiger partial charge in [-0.2, -0.15) is 0 Å². The van der Waals surface area contributed by atoms with Crippen LogP contribution in [0.15, 0.2) is 29.2 Å². The van der Waals surface area contributed by atoms with Crippen molar-refractivity contribution in [2.24, 2.45) is 5.92 Å². The smallest absolute Gasteiger partial charge is 0.305 e. The standard InChI is InChI=1S/C18H37NO2.C7H8O3S/c1-3-5-7-9-13-17(12-6-4-2)16-21-18(20)14-10-8-11-15-19;1-6-2-4-7(5-3-6)11(8,9)10/h17H,3-16,19H2,1-2H3;2-5H,1H3,(H,8,9,10). The van der Waals surface area contributed by atoms with Crippen molar-refractivity contribution in [3.8, 4) is 0 Å². The van der Waals surface area contributed by atoms with Crippen LogP contribution in [-0.4, -0.2) is 32.1 Å². The summed E-state index contributed by atoms with van der Waals surface area (Å²) in [4.78, 5) is 11.5. The molecule has 3 N–H and O–H groups in total. The highest BCUT2D eigenvalue weighted by atomic mass is 32.2. The molecule has 0 saturated heterocycles. The molecular formula is C25H45NO5S. The number of esters is 1. The SMILES string of the molecule is CCCCCCC(CCCC)COC(=O)CCCCC[NH3+].Cc1ccc(S(=O)(=O)[O-])cc1. The molecule has 0 aliphatic heterocycles. The first-order valence-corrected chi connectivity index (χ1v) is 13.6. The van der Waals surface area contributed by atoms with Crippen molar-refractivity contribution in [3.05, 3.63) is 29.8 Å². The molecule has 1 aromatic rings. The average Bonchev–Trinajstić information content (AvgIpc) is 2.75. The topological polar surface area (TPSA) is 111 Å². The number of aryl methyl sites for hydroxylation is 1. The highest BCUT2D eigenvalue weighted by molar-refractivity contribution is 7.85. The summed E-state index contributed by atoms with van der Waals surface area (Å²) in [7, 11) is -4.27. The molecule has 1 aromatic carbocycles. The zero-order valence-corrected chi connectivity index (χ0v) is 21.3. The number of ether oxygens (including phenoxy) is 1. The molecule has 0 spiro atoms. The van der Waals surface area contributed by atoms with Gasteiger partial charge in [-0.25, -0.2) is 8.42 Å². The van der Waals surface area contributed by atoms with Gasteiger partial charge in [0.1, 0.15) is 10.1 Å². The van der Waals surface area contributed by atoms with Crippen LogP contribution in [0.4, 0.5) is 0 Å². The molecule has 0 radical (unpaired) electrons. The number of benzene rings is 1. The summed E-state index contributed by atoms with van der Waals surface area (Å²) in [6.45, 7) is 7.89. The van der Waals surface area contributed by atoms with Gasteiger partial charge in [-0.15, -0.1) is 0 Å². The fourth-order valence-electron chi connectivity index (χ4n) is 3.27. The number of carbonyl (C=O) groups excluding carboxylic acids is 1. The molecule has 186 valence electrons. The second-order valence-electron chi connectivity index (χ2n) is 8.47. The Hall–Kier alpha value is -1.44. The Bertz CT molecular complexity index is 689. The van der Waals surface area contributed by atoms with E-state index in [1.807, 2.05) is 6.92 Å². The molecule has 6 nitrogen and oxygen atoms in total. The van der Waals surface area contributed by atoms with Gasteiger partial charge in [0, 0.05) is 6.42 Å². The third kappa shape index (κ3) is 17.2. The second-order valence-corrected chi connectivity index (χ2v) is 9.85. The van der Waals surface area contributed by atoms with Crippen LogP contribution in [0.3, 0.4) is 0 Å². The quantitative estimate of drug-likeness (QED) is 0.207. The van der Waals surface area contributed by atoms with Gasteiger partial charge in [0.05, 0.1) is 18.0 Å². The summed E-state index contributed by atoms with van der Waals surface area (Å²) in [5, 5.41) is 0. The third-order valence-corrected chi connectivity index (χ3v) is 6.20. The Morgan fingerprint density at radius 1 is 0.938 bits per heavy atom. The molecule has 7 heteroatoms. The van der Waals surface area contributed by atoms with E-state index in [4.69, 9.17) is 4.74 Å². The van der Waals surface area contributed by atoms with Crippen molar-refractivity contribution >= 4 is 16.1 Å². The lowest BCUT2D eigenvalue weighted by Crippen LogP contribution is -2.50. The Morgan fingerprint density at radius 2 is 1.53 bits per heavy atom. The van der Waals surface area contributed by atoms with E-state index in [-0.39, 0.29) is 10.9 Å². The van der Waals surface area contributed by atoms with Gasteiger partial charge in [0.2, 0.25) is 0 Å². The Balaban J connectivity index is 0.000000726. The van der Waals surface area contributed by atoms with Crippen LogP contribution in [0.1, 0.15) is 96.5 Å². The molecule has 1 atom stereocenters. The summed E-state index contributed by atoms with van der Waals surface area (Å²) in [5.41, 5.74) is 4.74. The van der Waals surface area contributed by atoms with Crippen LogP contribution >= 0.6 is 0 Å². The van der Waals surface area contributed by atoms with Crippen LogP contribution in [0, 0.1) is 12.8 Å². The maximum atomic E-state index is 11.7. The van der Waals surface area contributed by atoms with Gasteiger partial charge < -0.3 is 15.0 Å². The highest BCUT2D eigenvalue weighted by Gasteiger charge is 2.11. The van der Waals surface area contributed by atoms with E-state index in [2.05, 4.69) is 19.6 Å². The fraction of sp³-hybridized carbons (Fsp3) is 0.720. The molecule has 0 aliphatic rings. The summed E-state index contributed by atoms with van der Waals surface area (Å²) in [5.74, 6) is 0.569. The van der Waals surface area contributed by atoms with Crippen molar-refractivity contribution in [2.45, 2.75) is 103 Å². The molecule has 1 rings (SSSR count). The molecule has 0 amide bonds. The molecule has 0 fully saturated rings. The minimum atomic E-state index is -4.27. The lowest BCUT2D eigenvalue weighted by Gasteiger charge is -2.16. The number of hydrogen-bond donors (Lipinski definition) is 1. The number of quaternary nitrogens is 1. The van der Waals surface area contributed by atoms with Gasteiger partial charge in [-0.3, -0.25) is 4.79 Å². The van der Waals surface area contributed by atoms with Crippen molar-refractivity contribution in [1.82, 2.24) is 0 Å². The van der Waals surface area contributed by atoms with E-state index in [0.29, 0.717) is 18.9 Å². The highest BCUT2D eigenvalue weighted by Crippen LogP contribution is 2.18. The first kappa shape index (κ1) is 30.6. The number of unbranched alkanes of at least 4 members (excludes halogenated alkanes) is 6. The van der Waals surface area contributed by atoms with Crippen molar-refractivity contribution in [3.63, 3.8) is 0 Å². The monoisotopic (exact) mass is 471 g/mol. The molecule has 0 heterocycles. The number of hydrogen-bond acceptors (Lipinski definition) is 5. The van der Waals surface area contributed by atoms with E-state index in [0.717, 1.165) is 31.4 Å². The van der Waals surface area contributed by atoms with Crippen molar-refractivity contribution in [2.75, 3.05) is 13.2 Å². The van der Waals surface area contributed by atoms with E-state index < -0.39 is 10.1 Å². The molecule has 0 aliphatic carbocycles. The minimum absolute atomic E-state index is 0.00545. The minimum Gasteiger partial charge on any atom is -0.744 e. The normalized spacial score (nSPS) is 12.0. The van der Waals surface area contributed by atoms with Crippen LogP contribution in [0.25, 0.3) is 0 Å². The third-order valence-electron chi connectivity index (χ3n) is 5.35. The van der Waals surface area contributed by atoms with E-state index in [1.165, 1.54) is 63.5 Å². The molecule has 0 saturated carbocycles. The summed E-state index contributed by atoms with van der Waals surface area (Å²) >= 11 is 0. The summed E-state index contributed by atoms with van der Waals surface area (Å²) in [6, 6.07) is 5.78. The zero-order valence-electron chi connectivity index (χ0n) is 20.4. The second kappa shape index (κ2) is 19.1. The molecule has 0 bridgehead atoms. The van der Waals surface area contributed by atoms with Gasteiger partial charge in [0.25, 0.3) is 0 Å². The van der Waals surface area contributed by atoms with Crippen LogP contribution in [-0.2, 0) is 19.6 Å². The first-order chi connectivity index (χ1) is 15.2. The maximum absolute atomic E-state index is 11.7. The lowest BCUT2D eigenvalue weighted by molar-refractivity contribution is -0.368. The maximum Gasteiger partial charge on any atom is 0.305 e. The predicted molar refractivity (Wildman–Crippen MR) is 128 cm³/mol. The van der Waals surface area contributed by atoms with Crippen molar-refractivity contribution in [1.29, 1.82) is 0 Å². The molecule has 32 heavy (non-hydrogen) atoms. The van der Waals surface area contributed by atoms with E-state index >= 15 is 0 Å². The van der Waals surface area contributed by atoms with Gasteiger partial charge in [0.15, 0.2) is 0 Å². The molecule has 1 unspecified atom stereocenters. The van der Waals surface area contributed by atoms with Crippen LogP contribution < -0.4 is 5.73 Å². The summed E-state index contributed by atoms with van der Waals surface area (Å²) < 4.78 is 36.6. The lowest BCUT2D eigenvalue weighted by atomic mass is 9.96. The Labute approximate surface area is 196 Å². The largest absolute Gasteiger partial charge is 0.744 e. The van der Waals surface area contributed by atoms with E-state index in [1.54, 1.807) is 12.1 Å². The van der Waals surface area contributed by atoms with Crippen LogP contribution in [0.5, 0.6) is 0 Å². The molecule has 0 aromatic heterocycles. The van der Waals surface area contributed by atoms with Crippen molar-refractivity contribution < 1.29 is 28.2 Å². The summed E-state index contributed by atoms with van der Waals surface area (Å²) in [6.07, 6.45) is 13.8. The average molecular weight is 472 g/mol. The zero-order chi connectivity index (χ0) is 24.2. The van der Waals surface area contributed by atoms with Crippen LogP contribution in [0.2, 0.25) is 0 Å². The molecular weight excluding hydrogens is 426 g/mol. The van der Waals surface area contributed by atoms with Gasteiger partial charge in [-0.1, -0.05) is 70.1 Å². The fourth-order valence-corrected chi connectivity index (χ4v) is 3.74. The van der Waals surface area contributed by atoms with E-state index in [9.17, 15) is 17.8 Å². The van der Waals surface area contributed by atoms with Gasteiger partial charge >= 0.3 is 5.97 Å².